The molecule has 0 unspecified atom stereocenters. The minimum Gasteiger partial charge on any atom is -0.337 e. The lowest BCUT2D eigenvalue weighted by molar-refractivity contribution is 0.0784. The summed E-state index contributed by atoms with van der Waals surface area (Å²) in [6, 6.07) is 18.1. The van der Waals surface area contributed by atoms with Crippen molar-refractivity contribution in [1.29, 1.82) is 0 Å². The summed E-state index contributed by atoms with van der Waals surface area (Å²) in [5.41, 5.74) is 5.74. The van der Waals surface area contributed by atoms with Crippen LogP contribution >= 0.6 is 0 Å². The summed E-state index contributed by atoms with van der Waals surface area (Å²) < 4.78 is 0. The van der Waals surface area contributed by atoms with Gasteiger partial charge in [-0.2, -0.15) is 0 Å². The maximum Gasteiger partial charge on any atom is 0.266 e. The molecule has 0 radical (unpaired) electrons. The van der Waals surface area contributed by atoms with Crippen LogP contribution in [-0.2, 0) is 6.54 Å². The summed E-state index contributed by atoms with van der Waals surface area (Å²) in [6.07, 6.45) is 0. The van der Waals surface area contributed by atoms with Gasteiger partial charge >= 0.3 is 0 Å². The number of para-hydroxylation sites is 1. The van der Waals surface area contributed by atoms with E-state index in [1.807, 2.05) is 45.0 Å². The third-order valence-electron chi connectivity index (χ3n) is 5.74. The molecule has 4 rings (SSSR count). The molecule has 0 N–H and O–H groups in total. The first-order chi connectivity index (χ1) is 14.8. The summed E-state index contributed by atoms with van der Waals surface area (Å²) in [5, 5.41) is 0. The van der Waals surface area contributed by atoms with E-state index in [1.54, 1.807) is 36.2 Å². The van der Waals surface area contributed by atoms with E-state index in [0.29, 0.717) is 23.4 Å². The van der Waals surface area contributed by atoms with Crippen molar-refractivity contribution >= 4 is 23.4 Å². The number of amides is 3. The minimum absolute atomic E-state index is 0.197. The average molecular weight is 412 g/mol. The SMILES string of the molecule is Cc1ccc(CN(C)C(=O)c2ccc3c(c2)C(=O)N(c2ccccc2C)C3=O)c(C)c1. The average Bonchev–Trinajstić information content (AvgIpc) is 2.99. The number of imide groups is 1. The number of nitrogens with zero attached hydrogens (tertiary/aromatic N) is 2. The Labute approximate surface area is 181 Å². The van der Waals surface area contributed by atoms with Crippen LogP contribution in [0.5, 0.6) is 0 Å². The topological polar surface area (TPSA) is 57.7 Å². The van der Waals surface area contributed by atoms with Crippen LogP contribution in [0.2, 0.25) is 0 Å². The van der Waals surface area contributed by atoms with Crippen LogP contribution < -0.4 is 4.90 Å². The van der Waals surface area contributed by atoms with Gasteiger partial charge in [-0.1, -0.05) is 42.0 Å². The molecule has 5 heteroatoms. The molecule has 0 spiro atoms. The van der Waals surface area contributed by atoms with Gasteiger partial charge in [-0.3, -0.25) is 14.4 Å². The van der Waals surface area contributed by atoms with Gasteiger partial charge in [0.05, 0.1) is 16.8 Å². The standard InChI is InChI=1S/C26H24N2O3/c1-16-9-10-20(18(3)13-16)15-27(4)24(29)19-11-12-21-22(14-19)26(31)28(25(21)30)23-8-6-5-7-17(23)2/h5-14H,15H2,1-4H3. The zero-order chi connectivity index (χ0) is 22.3. The Hall–Kier alpha value is -3.73. The fraction of sp³-hybridized carbons (Fsp3) is 0.192. The van der Waals surface area contributed by atoms with Crippen LogP contribution in [0.4, 0.5) is 5.69 Å². The van der Waals surface area contributed by atoms with Gasteiger partial charge in [0.15, 0.2) is 0 Å². The van der Waals surface area contributed by atoms with Crippen molar-refractivity contribution in [2.45, 2.75) is 27.3 Å². The Balaban J connectivity index is 1.61. The van der Waals surface area contributed by atoms with E-state index in [-0.39, 0.29) is 17.4 Å². The van der Waals surface area contributed by atoms with Gasteiger partial charge in [0.1, 0.15) is 0 Å². The van der Waals surface area contributed by atoms with Crippen LogP contribution in [0.15, 0.2) is 60.7 Å². The van der Waals surface area contributed by atoms with Crippen molar-refractivity contribution in [1.82, 2.24) is 4.90 Å². The van der Waals surface area contributed by atoms with E-state index in [0.717, 1.165) is 16.7 Å². The fourth-order valence-electron chi connectivity index (χ4n) is 3.98. The van der Waals surface area contributed by atoms with Gasteiger partial charge < -0.3 is 4.90 Å². The van der Waals surface area contributed by atoms with Crippen molar-refractivity contribution < 1.29 is 14.4 Å². The molecule has 31 heavy (non-hydrogen) atoms. The van der Waals surface area contributed by atoms with Gasteiger partial charge in [0, 0.05) is 19.2 Å². The highest BCUT2D eigenvalue weighted by molar-refractivity contribution is 6.35. The van der Waals surface area contributed by atoms with Crippen molar-refractivity contribution in [3.63, 3.8) is 0 Å². The summed E-state index contributed by atoms with van der Waals surface area (Å²) >= 11 is 0. The zero-order valence-electron chi connectivity index (χ0n) is 18.1. The Morgan fingerprint density at radius 2 is 1.55 bits per heavy atom. The number of rotatable bonds is 4. The van der Waals surface area contributed by atoms with Crippen LogP contribution in [0.3, 0.4) is 0 Å². The van der Waals surface area contributed by atoms with E-state index in [1.165, 1.54) is 16.5 Å². The molecule has 3 aromatic rings. The highest BCUT2D eigenvalue weighted by Gasteiger charge is 2.37. The second kappa shape index (κ2) is 7.84. The molecular formula is C26H24N2O3. The van der Waals surface area contributed by atoms with Gasteiger partial charge in [0.25, 0.3) is 17.7 Å². The lowest BCUT2D eigenvalue weighted by atomic mass is 10.0. The molecule has 3 amide bonds. The number of aryl methyl sites for hydroxylation is 3. The number of carbonyl (C=O) groups excluding carboxylic acids is 3. The molecule has 1 aliphatic heterocycles. The molecule has 0 fully saturated rings. The van der Waals surface area contributed by atoms with Crippen molar-refractivity contribution in [3.05, 3.63) is 99.6 Å². The molecule has 0 saturated heterocycles. The molecule has 1 aliphatic rings. The van der Waals surface area contributed by atoms with Gasteiger partial charge in [-0.15, -0.1) is 0 Å². The van der Waals surface area contributed by atoms with E-state index in [2.05, 4.69) is 6.07 Å². The summed E-state index contributed by atoms with van der Waals surface area (Å²) in [7, 11) is 1.74. The first-order valence-corrected chi connectivity index (χ1v) is 10.2. The van der Waals surface area contributed by atoms with Gasteiger partial charge in [-0.05, 0) is 61.7 Å². The lowest BCUT2D eigenvalue weighted by Crippen LogP contribution is -2.30. The second-order valence-electron chi connectivity index (χ2n) is 8.08. The van der Waals surface area contributed by atoms with Crippen molar-refractivity contribution in [3.8, 4) is 0 Å². The lowest BCUT2D eigenvalue weighted by Gasteiger charge is -2.19. The smallest absolute Gasteiger partial charge is 0.266 e. The summed E-state index contributed by atoms with van der Waals surface area (Å²) in [5.74, 6) is -0.963. The molecule has 5 nitrogen and oxygen atoms in total. The van der Waals surface area contributed by atoms with Gasteiger partial charge in [0.2, 0.25) is 0 Å². The number of anilines is 1. The molecule has 1 heterocycles. The highest BCUT2D eigenvalue weighted by atomic mass is 16.2. The first kappa shape index (κ1) is 20.5. The molecule has 0 aliphatic carbocycles. The van der Waals surface area contributed by atoms with Gasteiger partial charge in [-0.25, -0.2) is 4.90 Å². The maximum absolute atomic E-state index is 13.1. The molecule has 156 valence electrons. The molecule has 0 bridgehead atoms. The minimum atomic E-state index is -0.402. The largest absolute Gasteiger partial charge is 0.337 e. The van der Waals surface area contributed by atoms with Crippen LogP contribution in [0.1, 0.15) is 53.3 Å². The number of benzene rings is 3. The normalized spacial score (nSPS) is 12.8. The monoisotopic (exact) mass is 412 g/mol. The molecule has 0 aromatic heterocycles. The first-order valence-electron chi connectivity index (χ1n) is 10.2. The predicted octanol–water partition coefficient (Wildman–Crippen LogP) is 4.68. The van der Waals surface area contributed by atoms with Crippen molar-refractivity contribution in [2.24, 2.45) is 0 Å². The quantitative estimate of drug-likeness (QED) is 0.585. The van der Waals surface area contributed by atoms with Crippen LogP contribution in [0.25, 0.3) is 0 Å². The Morgan fingerprint density at radius 1 is 0.839 bits per heavy atom. The number of hydrogen-bond donors (Lipinski definition) is 0. The van der Waals surface area contributed by atoms with Crippen molar-refractivity contribution in [2.75, 3.05) is 11.9 Å². The van der Waals surface area contributed by atoms with E-state index >= 15 is 0 Å². The summed E-state index contributed by atoms with van der Waals surface area (Å²) in [6.45, 7) is 6.38. The highest BCUT2D eigenvalue weighted by Crippen LogP contribution is 2.31. The Kier molecular flexibility index (Phi) is 5.19. The van der Waals surface area contributed by atoms with E-state index < -0.39 is 5.91 Å². The van der Waals surface area contributed by atoms with E-state index in [9.17, 15) is 14.4 Å². The zero-order valence-corrected chi connectivity index (χ0v) is 18.1. The Bertz CT molecular complexity index is 1230. The number of hydrogen-bond acceptors (Lipinski definition) is 3. The second-order valence-corrected chi connectivity index (χ2v) is 8.08. The number of fused-ring (bicyclic) bond motifs is 1. The van der Waals surface area contributed by atoms with Crippen LogP contribution in [-0.4, -0.2) is 29.7 Å². The summed E-state index contributed by atoms with van der Waals surface area (Å²) in [4.78, 5) is 41.8. The fourth-order valence-corrected chi connectivity index (χ4v) is 3.98. The predicted molar refractivity (Wildman–Crippen MR) is 120 cm³/mol. The molecule has 0 atom stereocenters. The third kappa shape index (κ3) is 3.63. The maximum atomic E-state index is 13.1. The number of carbonyl (C=O) groups is 3. The van der Waals surface area contributed by atoms with E-state index in [4.69, 9.17) is 0 Å². The Morgan fingerprint density at radius 3 is 2.26 bits per heavy atom. The van der Waals surface area contributed by atoms with Crippen LogP contribution in [0, 0.1) is 20.8 Å². The molecule has 3 aromatic carbocycles. The molecular weight excluding hydrogens is 388 g/mol. The third-order valence-corrected chi connectivity index (χ3v) is 5.74. The molecule has 0 saturated carbocycles.